The van der Waals surface area contributed by atoms with Crippen molar-refractivity contribution < 1.29 is 4.42 Å². The number of benzene rings is 9. The van der Waals surface area contributed by atoms with E-state index in [0.29, 0.717) is 0 Å². The van der Waals surface area contributed by atoms with E-state index >= 15 is 0 Å². The van der Waals surface area contributed by atoms with Crippen LogP contribution in [0.25, 0.3) is 82.5 Å². The number of fused-ring (bicyclic) bond motifs is 8. The molecule has 0 saturated heterocycles. The second kappa shape index (κ2) is 12.6. The second-order valence-corrected chi connectivity index (χ2v) is 14.1. The minimum Gasteiger partial charge on any atom is -0.456 e. The summed E-state index contributed by atoms with van der Waals surface area (Å²) in [6.07, 6.45) is 0. The number of furan rings is 1. The van der Waals surface area contributed by atoms with Crippen molar-refractivity contribution in [1.29, 1.82) is 0 Å². The zero-order valence-electron chi connectivity index (χ0n) is 29.9. The SMILES string of the molecule is c1ccc(-c2ccc(N(c3ccc(-n4c5ccccc5c5c6ccccc6ccc54)cc3)c3cccc(-c4cccc5oc6ccccc6c45)c3)cc2)cc1. The number of hydrogen-bond acceptors (Lipinski definition) is 2. The number of rotatable bonds is 6. The molecule has 0 saturated carbocycles. The van der Waals surface area contributed by atoms with Crippen molar-refractivity contribution in [3.63, 3.8) is 0 Å². The van der Waals surface area contributed by atoms with Crippen molar-refractivity contribution in [3.8, 4) is 27.9 Å². The lowest BCUT2D eigenvalue weighted by Crippen LogP contribution is -2.10. The average molecular weight is 703 g/mol. The summed E-state index contributed by atoms with van der Waals surface area (Å²) in [6.45, 7) is 0. The fourth-order valence-corrected chi connectivity index (χ4v) is 8.48. The minimum atomic E-state index is 0.895. The summed E-state index contributed by atoms with van der Waals surface area (Å²) < 4.78 is 8.68. The summed E-state index contributed by atoms with van der Waals surface area (Å²) >= 11 is 0. The van der Waals surface area contributed by atoms with E-state index in [1.54, 1.807) is 0 Å². The molecule has 0 radical (unpaired) electrons. The molecule has 0 fully saturated rings. The molecule has 0 aliphatic carbocycles. The standard InChI is InChI=1S/C52H34N2O/c1-2-12-35(13-3-1)36-24-27-39(28-25-36)53(42-16-10-15-38(34-42)44-20-11-23-50-52(44)46-19-7-9-22-49(46)55-50)40-29-31-41(32-30-40)54-47-21-8-6-18-45(47)51-43-17-5-4-14-37(43)26-33-48(51)54/h1-34H. The molecule has 0 aliphatic heterocycles. The summed E-state index contributed by atoms with van der Waals surface area (Å²) in [5, 5.41) is 7.33. The molecule has 0 spiro atoms. The van der Waals surface area contributed by atoms with Gasteiger partial charge in [-0.05, 0) is 106 Å². The molecule has 0 bridgehead atoms. The maximum atomic E-state index is 6.28. The molecule has 2 aromatic heterocycles. The normalized spacial score (nSPS) is 11.6. The topological polar surface area (TPSA) is 21.3 Å². The zero-order valence-corrected chi connectivity index (χ0v) is 29.9. The van der Waals surface area contributed by atoms with Gasteiger partial charge >= 0.3 is 0 Å². The van der Waals surface area contributed by atoms with E-state index in [1.165, 1.54) is 43.7 Å². The van der Waals surface area contributed by atoms with E-state index in [9.17, 15) is 0 Å². The van der Waals surface area contributed by atoms with Crippen molar-refractivity contribution >= 4 is 71.6 Å². The van der Waals surface area contributed by atoms with Crippen LogP contribution in [-0.4, -0.2) is 4.57 Å². The van der Waals surface area contributed by atoms with Gasteiger partial charge in [-0.2, -0.15) is 0 Å². The van der Waals surface area contributed by atoms with Crippen LogP contribution in [0.5, 0.6) is 0 Å². The molecule has 0 aliphatic rings. The highest BCUT2D eigenvalue weighted by atomic mass is 16.3. The number of aromatic nitrogens is 1. The Morgan fingerprint density at radius 3 is 1.84 bits per heavy atom. The molecule has 3 nitrogen and oxygen atoms in total. The molecule has 2 heterocycles. The van der Waals surface area contributed by atoms with Crippen LogP contribution >= 0.6 is 0 Å². The summed E-state index contributed by atoms with van der Waals surface area (Å²) in [6, 6.07) is 73.9. The predicted molar refractivity (Wildman–Crippen MR) is 231 cm³/mol. The zero-order chi connectivity index (χ0) is 36.3. The van der Waals surface area contributed by atoms with E-state index in [1.807, 2.05) is 12.1 Å². The lowest BCUT2D eigenvalue weighted by molar-refractivity contribution is 0.669. The van der Waals surface area contributed by atoms with Gasteiger partial charge < -0.3 is 13.9 Å². The van der Waals surface area contributed by atoms with Crippen molar-refractivity contribution in [3.05, 3.63) is 206 Å². The Labute approximate surface area is 318 Å². The van der Waals surface area contributed by atoms with E-state index in [-0.39, 0.29) is 0 Å². The third-order valence-corrected chi connectivity index (χ3v) is 11.0. The molecule has 0 unspecified atom stereocenters. The van der Waals surface area contributed by atoms with Crippen molar-refractivity contribution in [2.75, 3.05) is 4.90 Å². The minimum absolute atomic E-state index is 0.895. The average Bonchev–Trinajstić information content (AvgIpc) is 3.81. The third-order valence-electron chi connectivity index (χ3n) is 11.0. The number of anilines is 3. The van der Waals surface area contributed by atoms with Gasteiger partial charge in [-0.3, -0.25) is 0 Å². The molecule has 9 aromatic carbocycles. The van der Waals surface area contributed by atoms with Crippen molar-refractivity contribution in [2.24, 2.45) is 0 Å². The summed E-state index contributed by atoms with van der Waals surface area (Å²) in [7, 11) is 0. The van der Waals surface area contributed by atoms with Crippen LogP contribution in [0.4, 0.5) is 17.1 Å². The molecule has 0 amide bonds. The maximum Gasteiger partial charge on any atom is 0.136 e. The molecule has 55 heavy (non-hydrogen) atoms. The van der Waals surface area contributed by atoms with E-state index in [4.69, 9.17) is 4.42 Å². The molecule has 11 rings (SSSR count). The van der Waals surface area contributed by atoms with Crippen LogP contribution in [0.2, 0.25) is 0 Å². The Hall–Kier alpha value is -7.36. The molecule has 3 heteroatoms. The maximum absolute atomic E-state index is 6.28. The van der Waals surface area contributed by atoms with Crippen LogP contribution < -0.4 is 4.90 Å². The largest absolute Gasteiger partial charge is 0.456 e. The predicted octanol–water partition coefficient (Wildman–Crippen LogP) is 14.6. The van der Waals surface area contributed by atoms with Crippen LogP contribution in [-0.2, 0) is 0 Å². The Morgan fingerprint density at radius 1 is 0.364 bits per heavy atom. The van der Waals surface area contributed by atoms with Gasteiger partial charge in [0.15, 0.2) is 0 Å². The van der Waals surface area contributed by atoms with Crippen LogP contribution in [0.15, 0.2) is 211 Å². The van der Waals surface area contributed by atoms with Gasteiger partial charge in [0.25, 0.3) is 0 Å². The first-order valence-electron chi connectivity index (χ1n) is 18.8. The Kier molecular flexibility index (Phi) is 7.17. The Balaban J connectivity index is 1.06. The van der Waals surface area contributed by atoms with Crippen LogP contribution in [0, 0.1) is 0 Å². The summed E-state index contributed by atoms with van der Waals surface area (Å²) in [5.74, 6) is 0. The Morgan fingerprint density at radius 2 is 1.00 bits per heavy atom. The van der Waals surface area contributed by atoms with Gasteiger partial charge in [-0.15, -0.1) is 0 Å². The lowest BCUT2D eigenvalue weighted by atomic mass is 9.98. The number of para-hydroxylation sites is 2. The monoisotopic (exact) mass is 702 g/mol. The number of nitrogens with zero attached hydrogens (tertiary/aromatic N) is 2. The third kappa shape index (κ3) is 5.13. The molecule has 0 N–H and O–H groups in total. The first-order valence-corrected chi connectivity index (χ1v) is 18.8. The first-order chi connectivity index (χ1) is 27.3. The first kappa shape index (κ1) is 31.2. The highest BCUT2D eigenvalue weighted by Gasteiger charge is 2.18. The van der Waals surface area contributed by atoms with Gasteiger partial charge in [0.2, 0.25) is 0 Å². The molecular weight excluding hydrogens is 669 g/mol. The quantitative estimate of drug-likeness (QED) is 0.172. The highest BCUT2D eigenvalue weighted by Crippen LogP contribution is 2.42. The summed E-state index contributed by atoms with van der Waals surface area (Å²) in [4.78, 5) is 2.36. The number of hydrogen-bond donors (Lipinski definition) is 0. The molecule has 258 valence electrons. The fraction of sp³-hybridized carbons (Fsp3) is 0. The van der Waals surface area contributed by atoms with E-state index in [2.05, 4.69) is 204 Å². The molecule has 11 aromatic rings. The van der Waals surface area contributed by atoms with E-state index < -0.39 is 0 Å². The second-order valence-electron chi connectivity index (χ2n) is 14.1. The van der Waals surface area contributed by atoms with E-state index in [0.717, 1.165) is 55.8 Å². The molecule has 0 atom stereocenters. The van der Waals surface area contributed by atoms with Crippen molar-refractivity contribution in [2.45, 2.75) is 0 Å². The Bertz CT molecular complexity index is 3190. The smallest absolute Gasteiger partial charge is 0.136 e. The van der Waals surface area contributed by atoms with Gasteiger partial charge in [0.05, 0.1) is 11.0 Å². The fourth-order valence-electron chi connectivity index (χ4n) is 8.48. The van der Waals surface area contributed by atoms with Gasteiger partial charge in [0, 0.05) is 44.3 Å². The van der Waals surface area contributed by atoms with Crippen LogP contribution in [0.1, 0.15) is 0 Å². The van der Waals surface area contributed by atoms with Gasteiger partial charge in [-0.25, -0.2) is 0 Å². The lowest BCUT2D eigenvalue weighted by Gasteiger charge is -2.26. The van der Waals surface area contributed by atoms with Crippen molar-refractivity contribution in [1.82, 2.24) is 4.57 Å². The van der Waals surface area contributed by atoms with Gasteiger partial charge in [0.1, 0.15) is 11.2 Å². The van der Waals surface area contributed by atoms with Gasteiger partial charge in [-0.1, -0.05) is 133 Å². The van der Waals surface area contributed by atoms with Crippen LogP contribution in [0.3, 0.4) is 0 Å². The highest BCUT2D eigenvalue weighted by molar-refractivity contribution is 6.21. The molecular formula is C52H34N2O. The summed E-state index contributed by atoms with van der Waals surface area (Å²) in [5.41, 5.74) is 13.2.